The van der Waals surface area contributed by atoms with Crippen LogP contribution in [0.25, 0.3) is 0 Å². The third-order valence-electron chi connectivity index (χ3n) is 5.55. The fraction of sp³-hybridized carbons (Fsp3) is 0.762. The molecule has 0 aromatic heterocycles. The Balaban J connectivity index is 6.21. The molecule has 6 nitrogen and oxygen atoms in total. The summed E-state index contributed by atoms with van der Waals surface area (Å²) in [6.07, 6.45) is -23.9. The van der Waals surface area contributed by atoms with Crippen LogP contribution in [0, 0.1) is 5.92 Å². The van der Waals surface area contributed by atoms with E-state index in [1.807, 2.05) is 0 Å². The lowest BCUT2D eigenvalue weighted by molar-refractivity contribution is -0.461. The molecule has 0 aromatic rings. The molecule has 0 aliphatic carbocycles. The van der Waals surface area contributed by atoms with Crippen molar-refractivity contribution in [1.29, 1.82) is 0 Å². The molecule has 0 aromatic carbocycles. The molecule has 1 unspecified atom stereocenters. The van der Waals surface area contributed by atoms with Gasteiger partial charge in [-0.2, -0.15) is 101 Å². The van der Waals surface area contributed by atoms with Crippen molar-refractivity contribution in [1.82, 2.24) is 0 Å². The first kappa shape index (κ1) is 46.5. The van der Waals surface area contributed by atoms with E-state index in [2.05, 4.69) is 20.8 Å². The summed E-state index contributed by atoms with van der Waals surface area (Å²) in [5, 5.41) is 0. The monoisotopic (exact) mass is 798 g/mol. The smallest absolute Gasteiger partial charge is 0.460 e. The van der Waals surface area contributed by atoms with E-state index in [1.54, 1.807) is 0 Å². The molecule has 0 heterocycles. The highest BCUT2D eigenvalue weighted by atomic mass is 19.4. The third-order valence-corrected chi connectivity index (χ3v) is 5.55. The first-order valence-electron chi connectivity index (χ1n) is 11.7. The summed E-state index contributed by atoms with van der Waals surface area (Å²) in [6.45, 7) is -5.02. The summed E-state index contributed by atoms with van der Waals surface area (Å²) in [4.78, 5) is 35.4. The second-order valence-electron chi connectivity index (χ2n) is 9.32. The molecule has 294 valence electrons. The molecule has 0 bridgehead atoms. The van der Waals surface area contributed by atoms with E-state index < -0.39 is 122 Å². The van der Waals surface area contributed by atoms with Crippen molar-refractivity contribution in [3.05, 3.63) is 12.2 Å². The highest BCUT2D eigenvalue weighted by molar-refractivity contribution is 5.96. The Kier molecular flexibility index (Phi) is 13.3. The van der Waals surface area contributed by atoms with Crippen molar-refractivity contribution in [3.8, 4) is 0 Å². The second kappa shape index (κ2) is 14.3. The normalized spacial score (nSPS) is 15.3. The number of alkyl halides is 23. The molecule has 0 aliphatic heterocycles. The lowest BCUT2D eigenvalue weighted by Crippen LogP contribution is -2.74. The van der Waals surface area contributed by atoms with Crippen molar-refractivity contribution in [2.45, 2.75) is 72.8 Å². The maximum atomic E-state index is 14.0. The van der Waals surface area contributed by atoms with Gasteiger partial charge in [0.2, 0.25) is 0 Å². The maximum absolute atomic E-state index is 14.0. The summed E-state index contributed by atoms with van der Waals surface area (Å²) < 4.78 is 311. The van der Waals surface area contributed by atoms with Crippen LogP contribution in [0.4, 0.5) is 101 Å². The number of hydrogen-bond donors (Lipinski definition) is 0. The van der Waals surface area contributed by atoms with E-state index in [1.165, 1.54) is 0 Å². The van der Waals surface area contributed by atoms with Crippen molar-refractivity contribution in [3.63, 3.8) is 0 Å². The number of halogens is 23. The predicted octanol–water partition coefficient (Wildman–Crippen LogP) is 7.70. The predicted molar refractivity (Wildman–Crippen MR) is 108 cm³/mol. The Morgan fingerprint density at radius 2 is 0.860 bits per heavy atom. The summed E-state index contributed by atoms with van der Waals surface area (Å²) in [5.74, 6) is -68.9. The minimum Gasteiger partial charge on any atom is -0.462 e. The number of carbonyl (C=O) groups is 3. The van der Waals surface area contributed by atoms with Gasteiger partial charge in [-0.15, -0.1) is 0 Å². The number of ether oxygens (including phenoxy) is 3. The van der Waals surface area contributed by atoms with Crippen molar-refractivity contribution < 1.29 is 130 Å². The summed E-state index contributed by atoms with van der Waals surface area (Å²) in [7, 11) is 0. The lowest BCUT2D eigenvalue weighted by Gasteiger charge is -2.42. The number of hydrogen-bond acceptors (Lipinski definition) is 6. The van der Waals surface area contributed by atoms with Gasteiger partial charge in [0, 0.05) is 5.57 Å². The Labute approximate surface area is 259 Å². The molecule has 50 heavy (non-hydrogen) atoms. The first-order valence-corrected chi connectivity index (χ1v) is 11.7. The van der Waals surface area contributed by atoms with E-state index in [4.69, 9.17) is 0 Å². The quantitative estimate of drug-likeness (QED) is 0.0690. The number of rotatable bonds is 16. The Morgan fingerprint density at radius 3 is 1.24 bits per heavy atom. The average Bonchev–Trinajstić information content (AvgIpc) is 2.90. The minimum absolute atomic E-state index is 1.79. The molecule has 1 atom stereocenters. The van der Waals surface area contributed by atoms with E-state index in [-0.39, 0.29) is 0 Å². The molecule has 0 radical (unpaired) electrons. The van der Waals surface area contributed by atoms with Gasteiger partial charge in [-0.3, -0.25) is 9.59 Å². The summed E-state index contributed by atoms with van der Waals surface area (Å²) in [5.41, 5.74) is -1.79. The van der Waals surface area contributed by atoms with Gasteiger partial charge in [-0.25, -0.2) is 4.79 Å². The van der Waals surface area contributed by atoms with E-state index in [0.717, 1.165) is 0 Å². The largest absolute Gasteiger partial charge is 0.462 e. The maximum Gasteiger partial charge on any atom is 0.460 e. The van der Waals surface area contributed by atoms with Crippen LogP contribution in [0.15, 0.2) is 12.2 Å². The van der Waals surface area contributed by atoms with Gasteiger partial charge in [0.15, 0.2) is 13.2 Å². The second-order valence-corrected chi connectivity index (χ2v) is 9.32. The topological polar surface area (TPSA) is 78.9 Å². The molecule has 0 fully saturated rings. The fourth-order valence-electron chi connectivity index (χ4n) is 2.85. The molecule has 0 saturated carbocycles. The molecule has 0 spiro atoms. The van der Waals surface area contributed by atoms with Crippen LogP contribution in [0.3, 0.4) is 0 Å². The van der Waals surface area contributed by atoms with Crippen LogP contribution >= 0.6 is 0 Å². The highest BCUT2D eigenvalue weighted by Gasteiger charge is 2.95. The van der Waals surface area contributed by atoms with Gasteiger partial charge >= 0.3 is 77.9 Å². The Bertz CT molecular complexity index is 1250. The molecule has 0 aliphatic rings. The van der Waals surface area contributed by atoms with E-state index in [0.29, 0.717) is 0 Å². The van der Waals surface area contributed by atoms with Gasteiger partial charge in [-0.1, -0.05) is 6.58 Å². The van der Waals surface area contributed by atoms with Gasteiger partial charge in [0.25, 0.3) is 0 Å². The highest BCUT2D eigenvalue weighted by Crippen LogP contribution is 2.64. The van der Waals surface area contributed by atoms with Crippen LogP contribution < -0.4 is 0 Å². The van der Waals surface area contributed by atoms with Crippen LogP contribution in [0.1, 0.15) is 12.8 Å². The summed E-state index contributed by atoms with van der Waals surface area (Å²) in [6, 6.07) is 0. The third kappa shape index (κ3) is 9.45. The van der Waals surface area contributed by atoms with Gasteiger partial charge in [-0.05, 0) is 0 Å². The summed E-state index contributed by atoms with van der Waals surface area (Å²) >= 11 is 0. The zero-order valence-electron chi connectivity index (χ0n) is 23.0. The van der Waals surface area contributed by atoms with E-state index >= 15 is 0 Å². The van der Waals surface area contributed by atoms with Crippen LogP contribution in [0.2, 0.25) is 0 Å². The lowest BCUT2D eigenvalue weighted by atomic mass is 9.88. The number of carbonyl (C=O) groups excluding carboxylic acids is 3. The van der Waals surface area contributed by atoms with Crippen molar-refractivity contribution in [2.75, 3.05) is 19.8 Å². The molecular weight excluding hydrogens is 785 g/mol. The Hall–Kier alpha value is -3.46. The molecule has 0 N–H and O–H groups in total. The molecular formula is C21H13F23O6. The average molecular weight is 798 g/mol. The molecule has 0 saturated heterocycles. The fourth-order valence-corrected chi connectivity index (χ4v) is 2.85. The number of esters is 3. The molecule has 29 heteroatoms. The van der Waals surface area contributed by atoms with Gasteiger partial charge < -0.3 is 14.2 Å². The molecule has 0 amide bonds. The molecule has 0 rings (SSSR count). The van der Waals surface area contributed by atoms with Crippen LogP contribution in [-0.2, 0) is 28.6 Å². The standard InChI is InChI=1S/C21H13F23O6/c1-7(8(11(47)50-6-14(27,28)29)4-9(45)49-5-13(24,25)26)10(46)48-3-2-12(22,23)15(30,31)16(32,33)17(34,35)18(36,37)19(38,39)20(40,41)21(42,43)44/h8H,1-6H2. The van der Waals surface area contributed by atoms with Crippen LogP contribution in [0.5, 0.6) is 0 Å². The van der Waals surface area contributed by atoms with Crippen LogP contribution in [-0.4, -0.2) is 97.7 Å². The van der Waals surface area contributed by atoms with E-state index in [9.17, 15) is 115 Å². The zero-order valence-corrected chi connectivity index (χ0v) is 23.0. The van der Waals surface area contributed by atoms with Gasteiger partial charge in [0.1, 0.15) is 0 Å². The zero-order chi connectivity index (χ0) is 40.5. The first-order chi connectivity index (χ1) is 21.7. The Morgan fingerprint density at radius 1 is 0.500 bits per heavy atom. The van der Waals surface area contributed by atoms with Crippen molar-refractivity contribution in [2.24, 2.45) is 5.92 Å². The van der Waals surface area contributed by atoms with Crippen molar-refractivity contribution >= 4 is 17.9 Å². The van der Waals surface area contributed by atoms with Gasteiger partial charge in [0.05, 0.1) is 25.4 Å². The minimum atomic E-state index is -8.91. The SMILES string of the molecule is C=C(C(=O)OCCC(F)(F)C(F)(F)C(F)(F)C(F)(F)C(F)(F)C(F)(F)C(F)(F)C(F)(F)F)C(CC(=O)OCC(F)(F)F)C(=O)OCC(F)(F)F.